The highest BCUT2D eigenvalue weighted by Gasteiger charge is 2.66. The Morgan fingerprint density at radius 1 is 1.00 bits per heavy atom. The molecule has 2 saturated carbocycles. The molecule has 23 heavy (non-hydrogen) atoms. The van der Waals surface area contributed by atoms with Crippen molar-refractivity contribution >= 4 is 55.0 Å². The molecule has 8 heteroatoms. The highest BCUT2D eigenvalue weighted by molar-refractivity contribution is 9.12. The van der Waals surface area contributed by atoms with Crippen LogP contribution in [0.2, 0.25) is 0 Å². The zero-order chi connectivity index (χ0) is 16.5. The SMILES string of the molecule is O=C1[C@@H]2[C@H]3C[C@H]([C@H](Br)[C@@H]3Br)[C@@H]2C(=O)N1c1ccc([N+](=O)[O-])cc1. The van der Waals surface area contributed by atoms with Crippen LogP contribution in [-0.2, 0) is 9.59 Å². The lowest BCUT2D eigenvalue weighted by atomic mass is 9.81. The monoisotopic (exact) mass is 442 g/mol. The third kappa shape index (κ3) is 1.97. The summed E-state index contributed by atoms with van der Waals surface area (Å²) in [7, 11) is 0. The van der Waals surface area contributed by atoms with Crippen LogP contribution in [0.4, 0.5) is 11.4 Å². The van der Waals surface area contributed by atoms with Gasteiger partial charge in [-0.25, -0.2) is 0 Å². The van der Waals surface area contributed by atoms with Crippen LogP contribution in [0.25, 0.3) is 0 Å². The topological polar surface area (TPSA) is 80.5 Å². The van der Waals surface area contributed by atoms with Crippen LogP contribution in [-0.4, -0.2) is 26.4 Å². The zero-order valence-corrected chi connectivity index (χ0v) is 14.9. The van der Waals surface area contributed by atoms with Gasteiger partial charge in [0.05, 0.1) is 22.4 Å². The van der Waals surface area contributed by atoms with Gasteiger partial charge in [-0.05, 0) is 30.4 Å². The van der Waals surface area contributed by atoms with E-state index in [1.54, 1.807) is 0 Å². The molecule has 1 heterocycles. The van der Waals surface area contributed by atoms with E-state index in [2.05, 4.69) is 31.9 Å². The number of non-ortho nitro benzene ring substituents is 1. The average Bonchev–Trinajstić information content (AvgIpc) is 3.12. The van der Waals surface area contributed by atoms with Crippen LogP contribution in [0.5, 0.6) is 0 Å². The summed E-state index contributed by atoms with van der Waals surface area (Å²) in [4.78, 5) is 37.4. The molecule has 2 aliphatic carbocycles. The molecule has 0 unspecified atom stereocenters. The highest BCUT2D eigenvalue weighted by Crippen LogP contribution is 2.60. The second-order valence-electron chi connectivity index (χ2n) is 6.29. The number of fused-ring (bicyclic) bond motifs is 5. The molecule has 2 amide bonds. The number of imide groups is 1. The molecule has 0 spiro atoms. The molecule has 1 aromatic carbocycles. The summed E-state index contributed by atoms with van der Waals surface area (Å²) in [6.45, 7) is 0. The van der Waals surface area contributed by atoms with Crippen LogP contribution in [0.3, 0.4) is 0 Å². The molecule has 1 aromatic rings. The van der Waals surface area contributed by atoms with Gasteiger partial charge in [0.15, 0.2) is 0 Å². The first kappa shape index (κ1) is 15.3. The minimum atomic E-state index is -0.503. The van der Waals surface area contributed by atoms with E-state index < -0.39 is 4.92 Å². The van der Waals surface area contributed by atoms with Gasteiger partial charge in [-0.15, -0.1) is 0 Å². The van der Waals surface area contributed by atoms with E-state index in [1.165, 1.54) is 29.2 Å². The van der Waals surface area contributed by atoms with E-state index in [0.717, 1.165) is 6.42 Å². The molecule has 6 nitrogen and oxygen atoms in total. The van der Waals surface area contributed by atoms with Crippen molar-refractivity contribution in [2.45, 2.75) is 16.1 Å². The van der Waals surface area contributed by atoms with E-state index in [-0.39, 0.29) is 50.8 Å². The fourth-order valence-electron chi connectivity index (χ4n) is 4.33. The Kier molecular flexibility index (Phi) is 3.39. The molecule has 3 fully saturated rings. The quantitative estimate of drug-likeness (QED) is 0.304. The first-order chi connectivity index (χ1) is 10.9. The number of amides is 2. The average molecular weight is 444 g/mol. The van der Waals surface area contributed by atoms with Gasteiger partial charge in [0.2, 0.25) is 11.8 Å². The minimum Gasteiger partial charge on any atom is -0.274 e. The fourth-order valence-corrected chi connectivity index (χ4v) is 6.20. The van der Waals surface area contributed by atoms with E-state index in [4.69, 9.17) is 0 Å². The number of carbonyl (C=O) groups excluding carboxylic acids is 2. The number of carbonyl (C=O) groups is 2. The Labute approximate surface area is 148 Å². The lowest BCUT2D eigenvalue weighted by molar-refractivity contribution is -0.384. The van der Waals surface area contributed by atoms with Gasteiger partial charge in [0.1, 0.15) is 0 Å². The lowest BCUT2D eigenvalue weighted by Gasteiger charge is -2.28. The summed E-state index contributed by atoms with van der Waals surface area (Å²) >= 11 is 7.28. The maximum absolute atomic E-state index is 12.8. The van der Waals surface area contributed by atoms with Crippen LogP contribution in [0, 0.1) is 33.8 Å². The van der Waals surface area contributed by atoms with Gasteiger partial charge >= 0.3 is 0 Å². The van der Waals surface area contributed by atoms with E-state index >= 15 is 0 Å². The van der Waals surface area contributed by atoms with Crippen LogP contribution in [0.1, 0.15) is 6.42 Å². The van der Waals surface area contributed by atoms with E-state index in [0.29, 0.717) is 5.69 Å². The number of nitro groups is 1. The van der Waals surface area contributed by atoms with Gasteiger partial charge < -0.3 is 0 Å². The van der Waals surface area contributed by atoms with Gasteiger partial charge in [0.25, 0.3) is 5.69 Å². The molecular formula is C15H12Br2N2O4. The van der Waals surface area contributed by atoms with Crippen LogP contribution >= 0.6 is 31.9 Å². The Bertz CT molecular complexity index is 691. The molecule has 0 N–H and O–H groups in total. The van der Waals surface area contributed by atoms with Gasteiger partial charge in [0, 0.05) is 21.8 Å². The largest absolute Gasteiger partial charge is 0.274 e. The number of nitro benzene ring substituents is 1. The first-order valence-corrected chi connectivity index (χ1v) is 9.15. The van der Waals surface area contributed by atoms with Crippen molar-refractivity contribution in [3.8, 4) is 0 Å². The summed E-state index contributed by atoms with van der Waals surface area (Å²) in [6.07, 6.45) is 0.882. The smallest absolute Gasteiger partial charge is 0.269 e. The molecular weight excluding hydrogens is 432 g/mol. The molecule has 4 rings (SSSR count). The highest BCUT2D eigenvalue weighted by atomic mass is 79.9. The number of benzene rings is 1. The molecule has 120 valence electrons. The van der Waals surface area contributed by atoms with Gasteiger partial charge in [-0.1, -0.05) is 31.9 Å². The van der Waals surface area contributed by atoms with Crippen molar-refractivity contribution in [2.24, 2.45) is 23.7 Å². The van der Waals surface area contributed by atoms with Gasteiger partial charge in [-0.3, -0.25) is 24.6 Å². The van der Waals surface area contributed by atoms with Crippen molar-refractivity contribution in [3.05, 3.63) is 34.4 Å². The van der Waals surface area contributed by atoms with Crippen LogP contribution < -0.4 is 4.90 Å². The van der Waals surface area contributed by atoms with E-state index in [9.17, 15) is 19.7 Å². The number of nitrogens with zero attached hydrogens (tertiary/aromatic N) is 2. The van der Waals surface area contributed by atoms with Crippen molar-refractivity contribution in [2.75, 3.05) is 4.90 Å². The zero-order valence-electron chi connectivity index (χ0n) is 11.8. The standard InChI is InChI=1S/C15H12Br2N2O4/c16-12-8-5-9(13(12)17)11-10(8)14(20)18(15(11)21)6-1-3-7(4-2-6)19(22)23/h1-4,8-13H,5H2/t8-,9+,10-,11+,12-,13+. The van der Waals surface area contributed by atoms with Crippen molar-refractivity contribution in [3.63, 3.8) is 0 Å². The van der Waals surface area contributed by atoms with Crippen molar-refractivity contribution in [1.82, 2.24) is 0 Å². The predicted octanol–water partition coefficient (Wildman–Crippen LogP) is 2.88. The Hall–Kier alpha value is -1.28. The summed E-state index contributed by atoms with van der Waals surface area (Å²) in [5.74, 6) is -0.583. The molecule has 3 aliphatic rings. The number of rotatable bonds is 2. The molecule has 0 aromatic heterocycles. The first-order valence-electron chi connectivity index (χ1n) is 7.32. The fraction of sp³-hybridized carbons (Fsp3) is 0.467. The van der Waals surface area contributed by atoms with Crippen molar-refractivity contribution < 1.29 is 14.5 Å². The lowest BCUT2D eigenvalue weighted by Crippen LogP contribution is -2.37. The predicted molar refractivity (Wildman–Crippen MR) is 89.6 cm³/mol. The summed E-state index contributed by atoms with van der Waals surface area (Å²) in [5, 5.41) is 10.7. The summed E-state index contributed by atoms with van der Waals surface area (Å²) < 4.78 is 0. The van der Waals surface area contributed by atoms with Crippen LogP contribution in [0.15, 0.2) is 24.3 Å². The molecule has 6 atom stereocenters. The van der Waals surface area contributed by atoms with Gasteiger partial charge in [-0.2, -0.15) is 0 Å². The van der Waals surface area contributed by atoms with Crippen molar-refractivity contribution in [1.29, 1.82) is 0 Å². The van der Waals surface area contributed by atoms with E-state index in [1.807, 2.05) is 0 Å². The number of alkyl halides is 2. The molecule has 0 radical (unpaired) electrons. The number of anilines is 1. The molecule has 2 bridgehead atoms. The summed E-state index contributed by atoms with van der Waals surface area (Å²) in [6, 6.07) is 5.57. The maximum Gasteiger partial charge on any atom is 0.269 e. The second-order valence-corrected chi connectivity index (χ2v) is 8.40. The minimum absolute atomic E-state index is 0.0610. The number of hydrogen-bond acceptors (Lipinski definition) is 4. The molecule has 1 aliphatic heterocycles. The normalized spacial score (nSPS) is 38.3. The third-order valence-electron chi connectivity index (χ3n) is 5.31. The molecule has 1 saturated heterocycles. The third-order valence-corrected chi connectivity index (χ3v) is 8.51. The second kappa shape index (κ2) is 5.11. The number of halogens is 2. The Balaban J connectivity index is 1.68. The number of hydrogen-bond donors (Lipinski definition) is 0. The summed E-state index contributed by atoms with van der Waals surface area (Å²) in [5.41, 5.74) is 0.353. The maximum atomic E-state index is 12.8. The Morgan fingerprint density at radius 2 is 1.48 bits per heavy atom. The Morgan fingerprint density at radius 3 is 1.91 bits per heavy atom.